The second-order valence-electron chi connectivity index (χ2n) is 5.84. The van der Waals surface area contributed by atoms with Crippen molar-refractivity contribution in [2.24, 2.45) is 5.92 Å². The van der Waals surface area contributed by atoms with Crippen molar-refractivity contribution in [3.8, 4) is 0 Å². The van der Waals surface area contributed by atoms with Crippen LogP contribution in [-0.2, 0) is 9.59 Å². The fourth-order valence-electron chi connectivity index (χ4n) is 3.03. The molecule has 0 saturated carbocycles. The van der Waals surface area contributed by atoms with E-state index in [0.29, 0.717) is 5.92 Å². The number of likely N-dealkylation sites (tertiary alicyclic amines) is 2. The first-order valence-electron chi connectivity index (χ1n) is 7.19. The van der Waals surface area contributed by atoms with E-state index >= 15 is 0 Å². The van der Waals surface area contributed by atoms with Gasteiger partial charge in [-0.3, -0.25) is 9.59 Å². The minimum atomic E-state index is -0.282. The number of amides is 2. The molecule has 2 aliphatic heterocycles. The summed E-state index contributed by atoms with van der Waals surface area (Å²) in [6.45, 7) is 6.43. The third kappa shape index (κ3) is 2.85. The molecule has 2 aliphatic rings. The molecule has 0 aromatic carbocycles. The third-order valence-electron chi connectivity index (χ3n) is 4.19. The lowest BCUT2D eigenvalue weighted by Crippen LogP contribution is -2.52. The molecule has 0 N–H and O–H groups in total. The first-order valence-corrected chi connectivity index (χ1v) is 7.19. The zero-order valence-corrected chi connectivity index (χ0v) is 11.5. The highest BCUT2D eigenvalue weighted by Crippen LogP contribution is 2.19. The van der Waals surface area contributed by atoms with E-state index in [9.17, 15) is 9.59 Å². The average Bonchev–Trinajstić information content (AvgIpc) is 2.37. The topological polar surface area (TPSA) is 40.6 Å². The van der Waals surface area contributed by atoms with Crippen LogP contribution >= 0.6 is 0 Å². The van der Waals surface area contributed by atoms with Crippen LogP contribution in [0.3, 0.4) is 0 Å². The van der Waals surface area contributed by atoms with Gasteiger partial charge in [-0.2, -0.15) is 0 Å². The van der Waals surface area contributed by atoms with Gasteiger partial charge in [-0.05, 0) is 44.9 Å². The Morgan fingerprint density at radius 2 is 1.72 bits per heavy atom. The summed E-state index contributed by atoms with van der Waals surface area (Å²) in [5.74, 6) is -0.0409. The minimum absolute atomic E-state index is 0.220. The van der Waals surface area contributed by atoms with E-state index in [-0.39, 0.29) is 17.9 Å². The maximum absolute atomic E-state index is 12.2. The molecule has 0 aromatic heterocycles. The van der Waals surface area contributed by atoms with Crippen LogP contribution in [-0.4, -0.2) is 47.3 Å². The second-order valence-corrected chi connectivity index (χ2v) is 5.84. The molecule has 18 heavy (non-hydrogen) atoms. The van der Waals surface area contributed by atoms with Gasteiger partial charge in [0.05, 0.1) is 0 Å². The number of piperidine rings is 2. The van der Waals surface area contributed by atoms with Gasteiger partial charge in [0.25, 0.3) is 0 Å². The van der Waals surface area contributed by atoms with Crippen LogP contribution in [0.25, 0.3) is 0 Å². The van der Waals surface area contributed by atoms with Gasteiger partial charge in [-0.25, -0.2) is 0 Å². The molecule has 2 atom stereocenters. The number of hydrogen-bond donors (Lipinski definition) is 0. The van der Waals surface area contributed by atoms with Crippen molar-refractivity contribution in [1.82, 2.24) is 9.80 Å². The summed E-state index contributed by atoms with van der Waals surface area (Å²) in [4.78, 5) is 28.0. The SMILES string of the molecule is CC1CCCN(C(=O)C(=O)N2CCCCC2C)C1. The molecule has 2 amide bonds. The van der Waals surface area contributed by atoms with Crippen molar-refractivity contribution in [3.63, 3.8) is 0 Å². The molecule has 0 radical (unpaired) electrons. The Labute approximate surface area is 109 Å². The predicted octanol–water partition coefficient (Wildman–Crippen LogP) is 1.65. The molecule has 102 valence electrons. The van der Waals surface area contributed by atoms with Crippen molar-refractivity contribution in [2.75, 3.05) is 19.6 Å². The van der Waals surface area contributed by atoms with Crippen LogP contribution in [0.2, 0.25) is 0 Å². The van der Waals surface area contributed by atoms with Crippen LogP contribution in [0.1, 0.15) is 46.0 Å². The lowest BCUT2D eigenvalue weighted by atomic mass is 10.00. The summed E-state index contributed by atoms with van der Waals surface area (Å²) in [6.07, 6.45) is 5.41. The summed E-state index contributed by atoms with van der Waals surface area (Å²) >= 11 is 0. The second kappa shape index (κ2) is 5.72. The number of carbonyl (C=O) groups is 2. The lowest BCUT2D eigenvalue weighted by molar-refractivity contribution is -0.154. The molecule has 0 aromatic rings. The van der Waals surface area contributed by atoms with E-state index in [4.69, 9.17) is 0 Å². The molecule has 0 aliphatic carbocycles. The molecule has 2 unspecified atom stereocenters. The molecule has 0 spiro atoms. The summed E-state index contributed by atoms with van der Waals surface area (Å²) in [5, 5.41) is 0. The molecular formula is C14H24N2O2. The summed E-state index contributed by atoms with van der Waals surface area (Å²) < 4.78 is 0. The Bertz CT molecular complexity index is 330. The standard InChI is InChI=1S/C14H24N2O2/c1-11-6-5-8-15(10-11)13(17)14(18)16-9-4-3-7-12(16)2/h11-12H,3-10H2,1-2H3. The van der Waals surface area contributed by atoms with Gasteiger partial charge >= 0.3 is 11.8 Å². The van der Waals surface area contributed by atoms with Gasteiger partial charge in [-0.1, -0.05) is 6.92 Å². The van der Waals surface area contributed by atoms with E-state index in [1.807, 2.05) is 6.92 Å². The highest BCUT2D eigenvalue weighted by atomic mass is 16.2. The monoisotopic (exact) mass is 252 g/mol. The van der Waals surface area contributed by atoms with Crippen molar-refractivity contribution >= 4 is 11.8 Å². The molecule has 4 nitrogen and oxygen atoms in total. The fraction of sp³-hybridized carbons (Fsp3) is 0.857. The molecule has 2 rings (SSSR count). The van der Waals surface area contributed by atoms with Gasteiger partial charge in [0.1, 0.15) is 0 Å². The van der Waals surface area contributed by atoms with E-state index in [2.05, 4.69) is 6.92 Å². The summed E-state index contributed by atoms with van der Waals surface area (Å²) in [7, 11) is 0. The van der Waals surface area contributed by atoms with Gasteiger partial charge < -0.3 is 9.80 Å². The number of hydrogen-bond acceptors (Lipinski definition) is 2. The van der Waals surface area contributed by atoms with Gasteiger partial charge in [0.15, 0.2) is 0 Å². The number of rotatable bonds is 0. The zero-order valence-electron chi connectivity index (χ0n) is 11.5. The van der Waals surface area contributed by atoms with Gasteiger partial charge in [-0.15, -0.1) is 0 Å². The van der Waals surface area contributed by atoms with Crippen LogP contribution in [0.15, 0.2) is 0 Å². The molecule has 2 saturated heterocycles. The van der Waals surface area contributed by atoms with E-state index in [0.717, 1.165) is 45.3 Å². The minimum Gasteiger partial charge on any atom is -0.334 e. The highest BCUT2D eigenvalue weighted by Gasteiger charge is 2.32. The van der Waals surface area contributed by atoms with Crippen molar-refractivity contribution in [1.29, 1.82) is 0 Å². The number of carbonyl (C=O) groups excluding carboxylic acids is 2. The Morgan fingerprint density at radius 1 is 0.944 bits per heavy atom. The predicted molar refractivity (Wildman–Crippen MR) is 70.0 cm³/mol. The smallest absolute Gasteiger partial charge is 0.312 e. The van der Waals surface area contributed by atoms with E-state index in [1.165, 1.54) is 6.42 Å². The first kappa shape index (κ1) is 13.4. The zero-order chi connectivity index (χ0) is 13.1. The molecule has 4 heteroatoms. The average molecular weight is 252 g/mol. The van der Waals surface area contributed by atoms with Crippen LogP contribution in [0.5, 0.6) is 0 Å². The van der Waals surface area contributed by atoms with Crippen molar-refractivity contribution < 1.29 is 9.59 Å². The molecule has 0 bridgehead atoms. The fourth-order valence-corrected chi connectivity index (χ4v) is 3.03. The Kier molecular flexibility index (Phi) is 4.25. The normalized spacial score (nSPS) is 29.2. The Morgan fingerprint density at radius 3 is 2.39 bits per heavy atom. The van der Waals surface area contributed by atoms with Gasteiger partial charge in [0.2, 0.25) is 0 Å². The lowest BCUT2D eigenvalue weighted by Gasteiger charge is -2.36. The quantitative estimate of drug-likeness (QED) is 0.615. The van der Waals surface area contributed by atoms with Crippen LogP contribution < -0.4 is 0 Å². The largest absolute Gasteiger partial charge is 0.334 e. The summed E-state index contributed by atoms with van der Waals surface area (Å²) in [6, 6.07) is 0.220. The molecule has 2 heterocycles. The maximum atomic E-state index is 12.2. The highest BCUT2D eigenvalue weighted by molar-refractivity contribution is 6.35. The first-order chi connectivity index (χ1) is 8.59. The number of nitrogens with zero attached hydrogens (tertiary/aromatic N) is 2. The van der Waals surface area contributed by atoms with Crippen molar-refractivity contribution in [3.05, 3.63) is 0 Å². The van der Waals surface area contributed by atoms with E-state index < -0.39 is 0 Å². The third-order valence-corrected chi connectivity index (χ3v) is 4.19. The Balaban J connectivity index is 1.97. The van der Waals surface area contributed by atoms with Crippen molar-refractivity contribution in [2.45, 2.75) is 52.0 Å². The maximum Gasteiger partial charge on any atom is 0.312 e. The summed E-state index contributed by atoms with van der Waals surface area (Å²) in [5.41, 5.74) is 0. The van der Waals surface area contributed by atoms with Gasteiger partial charge in [0, 0.05) is 25.7 Å². The van der Waals surface area contributed by atoms with Crippen LogP contribution in [0, 0.1) is 5.92 Å². The van der Waals surface area contributed by atoms with Crippen LogP contribution in [0.4, 0.5) is 0 Å². The van der Waals surface area contributed by atoms with E-state index in [1.54, 1.807) is 9.80 Å². The Hall–Kier alpha value is -1.06. The molecular weight excluding hydrogens is 228 g/mol. The molecule has 2 fully saturated rings.